The molecule has 1 aliphatic rings. The molecule has 6 nitrogen and oxygen atoms in total. The second-order valence-corrected chi connectivity index (χ2v) is 9.09. The zero-order valence-corrected chi connectivity index (χ0v) is 16.8. The first-order chi connectivity index (χ1) is 13.0. The topological polar surface area (TPSA) is 69.7 Å². The van der Waals surface area contributed by atoms with Crippen LogP contribution in [0.3, 0.4) is 0 Å². The Bertz CT molecular complexity index is 880. The summed E-state index contributed by atoms with van der Waals surface area (Å²) in [7, 11) is -3.47. The van der Waals surface area contributed by atoms with E-state index in [9.17, 15) is 13.2 Å². The predicted molar refractivity (Wildman–Crippen MR) is 108 cm³/mol. The molecule has 2 aromatic carbocycles. The number of amides is 1. The van der Waals surface area contributed by atoms with E-state index in [-0.39, 0.29) is 12.5 Å². The van der Waals surface area contributed by atoms with Gasteiger partial charge in [0.25, 0.3) is 0 Å². The summed E-state index contributed by atoms with van der Waals surface area (Å²) >= 11 is 1.62. The highest BCUT2D eigenvalue weighted by molar-refractivity contribution is 7.98. The van der Waals surface area contributed by atoms with Crippen molar-refractivity contribution in [2.75, 3.05) is 44.3 Å². The predicted octanol–water partition coefficient (Wildman–Crippen LogP) is 2.35. The summed E-state index contributed by atoms with van der Waals surface area (Å²) in [6.07, 6.45) is 1.99. The number of anilines is 1. The SMILES string of the molecule is CSc1cccc(NC(=O)CN2CCN(S(=O)(=O)c3ccccc3)CC2)c1. The third-order valence-corrected chi connectivity index (χ3v) is 7.07. The summed E-state index contributed by atoms with van der Waals surface area (Å²) in [5.41, 5.74) is 0.775. The minimum atomic E-state index is -3.47. The molecular weight excluding hydrogens is 382 g/mol. The monoisotopic (exact) mass is 405 g/mol. The number of nitrogens with zero attached hydrogens (tertiary/aromatic N) is 2. The summed E-state index contributed by atoms with van der Waals surface area (Å²) in [5, 5.41) is 2.91. The van der Waals surface area contributed by atoms with Crippen molar-refractivity contribution in [2.45, 2.75) is 9.79 Å². The first kappa shape index (κ1) is 19.9. The number of sulfonamides is 1. The van der Waals surface area contributed by atoms with Gasteiger partial charge in [0, 0.05) is 36.8 Å². The molecule has 1 N–H and O–H groups in total. The summed E-state index contributed by atoms with van der Waals surface area (Å²) < 4.78 is 26.8. The van der Waals surface area contributed by atoms with Gasteiger partial charge >= 0.3 is 0 Å². The largest absolute Gasteiger partial charge is 0.325 e. The normalized spacial score (nSPS) is 16.2. The summed E-state index contributed by atoms with van der Waals surface area (Å²) in [6, 6.07) is 16.2. The summed E-state index contributed by atoms with van der Waals surface area (Å²) in [5.74, 6) is -0.0902. The molecule has 1 saturated heterocycles. The molecule has 0 atom stereocenters. The van der Waals surface area contributed by atoms with E-state index < -0.39 is 10.0 Å². The smallest absolute Gasteiger partial charge is 0.243 e. The van der Waals surface area contributed by atoms with Crippen LogP contribution in [-0.2, 0) is 14.8 Å². The number of rotatable bonds is 6. The number of nitrogens with one attached hydrogen (secondary N) is 1. The Morgan fingerprint density at radius 2 is 1.74 bits per heavy atom. The van der Waals surface area contributed by atoms with Crippen LogP contribution in [0.25, 0.3) is 0 Å². The first-order valence-electron chi connectivity index (χ1n) is 8.70. The van der Waals surface area contributed by atoms with Crippen molar-refractivity contribution in [1.82, 2.24) is 9.21 Å². The van der Waals surface area contributed by atoms with E-state index in [4.69, 9.17) is 0 Å². The van der Waals surface area contributed by atoms with Crippen molar-refractivity contribution in [1.29, 1.82) is 0 Å². The minimum Gasteiger partial charge on any atom is -0.325 e. The standard InChI is InChI=1S/C19H23N3O3S2/c1-26-17-7-5-6-16(14-17)20-19(23)15-21-10-12-22(13-11-21)27(24,25)18-8-3-2-4-9-18/h2-9,14H,10-13,15H2,1H3,(H,20,23). The van der Waals surface area contributed by atoms with Gasteiger partial charge in [-0.2, -0.15) is 4.31 Å². The highest BCUT2D eigenvalue weighted by Crippen LogP contribution is 2.19. The third-order valence-electron chi connectivity index (χ3n) is 4.43. The molecule has 0 saturated carbocycles. The Balaban J connectivity index is 1.52. The number of hydrogen-bond acceptors (Lipinski definition) is 5. The average molecular weight is 406 g/mol. The maximum atomic E-state index is 12.6. The lowest BCUT2D eigenvalue weighted by Crippen LogP contribution is -2.50. The van der Waals surface area contributed by atoms with E-state index in [1.807, 2.05) is 35.4 Å². The van der Waals surface area contributed by atoms with Crippen LogP contribution >= 0.6 is 11.8 Å². The molecule has 2 aromatic rings. The lowest BCUT2D eigenvalue weighted by molar-refractivity contribution is -0.117. The van der Waals surface area contributed by atoms with Crippen LogP contribution in [-0.4, -0.2) is 62.5 Å². The van der Waals surface area contributed by atoms with Gasteiger partial charge in [-0.05, 0) is 36.6 Å². The zero-order chi connectivity index (χ0) is 19.3. The fourth-order valence-corrected chi connectivity index (χ4v) is 4.88. The second kappa shape index (κ2) is 8.88. The molecule has 144 valence electrons. The molecule has 0 bridgehead atoms. The number of benzene rings is 2. The van der Waals surface area contributed by atoms with Gasteiger partial charge in [0.15, 0.2) is 0 Å². The van der Waals surface area contributed by atoms with Crippen molar-refractivity contribution in [3.8, 4) is 0 Å². The van der Waals surface area contributed by atoms with Gasteiger partial charge in [0.2, 0.25) is 15.9 Å². The van der Waals surface area contributed by atoms with Crippen molar-refractivity contribution in [2.24, 2.45) is 0 Å². The second-order valence-electron chi connectivity index (χ2n) is 6.27. The number of hydrogen-bond donors (Lipinski definition) is 1. The number of carbonyl (C=O) groups is 1. The molecule has 0 radical (unpaired) electrons. The summed E-state index contributed by atoms with van der Waals surface area (Å²) in [6.45, 7) is 2.08. The van der Waals surface area contributed by atoms with Crippen LogP contribution in [0, 0.1) is 0 Å². The highest BCUT2D eigenvalue weighted by atomic mass is 32.2. The van der Waals surface area contributed by atoms with E-state index in [0.717, 1.165) is 10.6 Å². The van der Waals surface area contributed by atoms with Crippen LogP contribution in [0.5, 0.6) is 0 Å². The van der Waals surface area contributed by atoms with Crippen LogP contribution in [0.15, 0.2) is 64.4 Å². The van der Waals surface area contributed by atoms with Crippen LogP contribution in [0.1, 0.15) is 0 Å². The van der Waals surface area contributed by atoms with Gasteiger partial charge in [0.05, 0.1) is 11.4 Å². The van der Waals surface area contributed by atoms with Crippen LogP contribution in [0.4, 0.5) is 5.69 Å². The lowest BCUT2D eigenvalue weighted by atomic mass is 10.3. The average Bonchev–Trinajstić information content (AvgIpc) is 2.69. The zero-order valence-electron chi connectivity index (χ0n) is 15.2. The number of carbonyl (C=O) groups excluding carboxylic acids is 1. The molecule has 1 aliphatic heterocycles. The fraction of sp³-hybridized carbons (Fsp3) is 0.316. The molecule has 3 rings (SSSR count). The number of piperazine rings is 1. The lowest BCUT2D eigenvalue weighted by Gasteiger charge is -2.33. The Hall–Kier alpha value is -1.87. The van der Waals surface area contributed by atoms with E-state index in [2.05, 4.69) is 5.32 Å². The molecule has 0 spiro atoms. The van der Waals surface area contributed by atoms with E-state index in [1.165, 1.54) is 4.31 Å². The van der Waals surface area contributed by atoms with Gasteiger partial charge in [-0.15, -0.1) is 11.8 Å². The van der Waals surface area contributed by atoms with E-state index in [1.54, 1.807) is 42.1 Å². The molecule has 0 aliphatic carbocycles. The van der Waals surface area contributed by atoms with Gasteiger partial charge < -0.3 is 5.32 Å². The Morgan fingerprint density at radius 1 is 1.04 bits per heavy atom. The molecule has 27 heavy (non-hydrogen) atoms. The molecule has 0 unspecified atom stereocenters. The maximum absolute atomic E-state index is 12.6. The van der Waals surface area contributed by atoms with E-state index >= 15 is 0 Å². The van der Waals surface area contributed by atoms with Crippen molar-refractivity contribution >= 4 is 33.4 Å². The van der Waals surface area contributed by atoms with Gasteiger partial charge in [-0.25, -0.2) is 8.42 Å². The molecule has 8 heteroatoms. The molecule has 1 heterocycles. The van der Waals surface area contributed by atoms with Crippen molar-refractivity contribution in [3.63, 3.8) is 0 Å². The van der Waals surface area contributed by atoms with Gasteiger partial charge in [-0.3, -0.25) is 9.69 Å². The molecular formula is C19H23N3O3S2. The Labute approximate surface area is 164 Å². The highest BCUT2D eigenvalue weighted by Gasteiger charge is 2.28. The summed E-state index contributed by atoms with van der Waals surface area (Å²) in [4.78, 5) is 15.7. The minimum absolute atomic E-state index is 0.0902. The van der Waals surface area contributed by atoms with Gasteiger partial charge in [-0.1, -0.05) is 24.3 Å². The molecule has 1 fully saturated rings. The molecule has 1 amide bonds. The maximum Gasteiger partial charge on any atom is 0.243 e. The number of thioether (sulfide) groups is 1. The quantitative estimate of drug-likeness (QED) is 0.747. The Kier molecular flexibility index (Phi) is 6.54. The van der Waals surface area contributed by atoms with Crippen LogP contribution < -0.4 is 5.32 Å². The van der Waals surface area contributed by atoms with E-state index in [0.29, 0.717) is 31.1 Å². The first-order valence-corrected chi connectivity index (χ1v) is 11.4. The van der Waals surface area contributed by atoms with Gasteiger partial charge in [0.1, 0.15) is 0 Å². The fourth-order valence-electron chi connectivity index (χ4n) is 2.97. The van der Waals surface area contributed by atoms with Crippen molar-refractivity contribution < 1.29 is 13.2 Å². The van der Waals surface area contributed by atoms with Crippen molar-refractivity contribution in [3.05, 3.63) is 54.6 Å². The Morgan fingerprint density at radius 3 is 2.41 bits per heavy atom. The molecule has 0 aromatic heterocycles. The van der Waals surface area contributed by atoms with Crippen LogP contribution in [0.2, 0.25) is 0 Å². The third kappa shape index (κ3) is 5.10.